The highest BCUT2D eigenvalue weighted by Crippen LogP contribution is 2.33. The molecule has 5 nitrogen and oxygen atoms in total. The number of halogens is 2. The molecule has 154 valence electrons. The van der Waals surface area contributed by atoms with Crippen LogP contribution in [0.4, 0.5) is 4.39 Å². The van der Waals surface area contributed by atoms with E-state index in [2.05, 4.69) is 15.9 Å². The van der Waals surface area contributed by atoms with Crippen LogP contribution in [0.25, 0.3) is 10.8 Å². The Hall–Kier alpha value is -2.93. The van der Waals surface area contributed by atoms with E-state index in [1.165, 1.54) is 24.3 Å². The predicted octanol–water partition coefficient (Wildman–Crippen LogP) is 4.10. The van der Waals surface area contributed by atoms with E-state index in [0.717, 1.165) is 15.2 Å². The van der Waals surface area contributed by atoms with Gasteiger partial charge in [-0.2, -0.15) is 0 Å². The number of hydrogen-bond donors (Lipinski definition) is 0. The molecule has 1 heterocycles. The van der Waals surface area contributed by atoms with Gasteiger partial charge in [0.05, 0.1) is 4.47 Å². The fourth-order valence-electron chi connectivity index (χ4n) is 3.49. The lowest BCUT2D eigenvalue weighted by atomic mass is 10.1. The first-order chi connectivity index (χ1) is 14.5. The van der Waals surface area contributed by atoms with Crippen molar-refractivity contribution in [1.82, 2.24) is 9.80 Å². The van der Waals surface area contributed by atoms with Crippen molar-refractivity contribution in [1.29, 1.82) is 0 Å². The van der Waals surface area contributed by atoms with Crippen LogP contribution in [-0.4, -0.2) is 54.4 Å². The summed E-state index contributed by atoms with van der Waals surface area (Å²) in [5.74, 6) is -0.0328. The van der Waals surface area contributed by atoms with Crippen LogP contribution in [0.1, 0.15) is 10.4 Å². The third-order valence-electron chi connectivity index (χ3n) is 5.19. The molecule has 7 heteroatoms. The molecule has 0 aromatic heterocycles. The second kappa shape index (κ2) is 8.83. The molecule has 0 aliphatic carbocycles. The molecule has 0 bridgehead atoms. The van der Waals surface area contributed by atoms with Crippen LogP contribution in [0, 0.1) is 5.82 Å². The maximum absolute atomic E-state index is 13.0. The first kappa shape index (κ1) is 20.3. The lowest BCUT2D eigenvalue weighted by Gasteiger charge is -2.34. The third-order valence-corrected chi connectivity index (χ3v) is 6.01. The third kappa shape index (κ3) is 4.31. The van der Waals surface area contributed by atoms with Gasteiger partial charge in [-0.1, -0.05) is 30.3 Å². The highest BCUT2D eigenvalue weighted by Gasteiger charge is 2.25. The molecule has 1 aliphatic rings. The normalized spacial score (nSPS) is 14.1. The summed E-state index contributed by atoms with van der Waals surface area (Å²) in [4.78, 5) is 28.5. The second-order valence-electron chi connectivity index (χ2n) is 7.07. The number of piperazine rings is 1. The van der Waals surface area contributed by atoms with Crippen molar-refractivity contribution < 1.29 is 18.7 Å². The molecule has 1 fully saturated rings. The van der Waals surface area contributed by atoms with Gasteiger partial charge in [0, 0.05) is 31.7 Å². The van der Waals surface area contributed by atoms with Gasteiger partial charge in [0.15, 0.2) is 6.61 Å². The Bertz CT molecular complexity index is 1080. The maximum atomic E-state index is 13.0. The van der Waals surface area contributed by atoms with Crippen molar-refractivity contribution in [3.63, 3.8) is 0 Å². The van der Waals surface area contributed by atoms with Crippen molar-refractivity contribution in [2.75, 3.05) is 32.8 Å². The average molecular weight is 471 g/mol. The van der Waals surface area contributed by atoms with E-state index in [0.29, 0.717) is 37.5 Å². The van der Waals surface area contributed by atoms with Crippen LogP contribution in [0.2, 0.25) is 0 Å². The number of benzene rings is 3. The SMILES string of the molecule is O=C(COc1ccc2ccccc2c1Br)N1CCN(C(=O)c2ccc(F)cc2)CC1. The summed E-state index contributed by atoms with van der Waals surface area (Å²) in [5, 5.41) is 2.11. The molecule has 0 saturated carbocycles. The summed E-state index contributed by atoms with van der Waals surface area (Å²) in [6, 6.07) is 17.2. The van der Waals surface area contributed by atoms with Gasteiger partial charge >= 0.3 is 0 Å². The molecule has 0 unspecified atom stereocenters. The molecule has 0 spiro atoms. The van der Waals surface area contributed by atoms with Crippen molar-refractivity contribution in [2.45, 2.75) is 0 Å². The van der Waals surface area contributed by atoms with Crippen LogP contribution < -0.4 is 4.74 Å². The van der Waals surface area contributed by atoms with Crippen molar-refractivity contribution in [3.8, 4) is 5.75 Å². The summed E-state index contributed by atoms with van der Waals surface area (Å²) >= 11 is 3.56. The first-order valence-corrected chi connectivity index (χ1v) is 10.4. The summed E-state index contributed by atoms with van der Waals surface area (Å²) in [6.45, 7) is 1.67. The van der Waals surface area contributed by atoms with Crippen LogP contribution in [-0.2, 0) is 4.79 Å². The predicted molar refractivity (Wildman–Crippen MR) is 116 cm³/mol. The Kier molecular flexibility index (Phi) is 5.99. The van der Waals surface area contributed by atoms with Gasteiger partial charge < -0.3 is 14.5 Å². The quantitative estimate of drug-likeness (QED) is 0.576. The summed E-state index contributed by atoms with van der Waals surface area (Å²) in [6.07, 6.45) is 0. The molecule has 4 rings (SSSR count). The van der Waals surface area contributed by atoms with E-state index in [1.807, 2.05) is 36.4 Å². The van der Waals surface area contributed by atoms with Gasteiger partial charge in [-0.3, -0.25) is 9.59 Å². The molecule has 3 aromatic rings. The highest BCUT2D eigenvalue weighted by molar-refractivity contribution is 9.10. The molecule has 1 aliphatic heterocycles. The number of amides is 2. The number of nitrogens with zero attached hydrogens (tertiary/aromatic N) is 2. The van der Waals surface area contributed by atoms with Crippen LogP contribution in [0.5, 0.6) is 5.75 Å². The minimum absolute atomic E-state index is 0.0666. The Morgan fingerprint density at radius 3 is 2.30 bits per heavy atom. The number of hydrogen-bond acceptors (Lipinski definition) is 3. The molecule has 0 radical (unpaired) electrons. The molecule has 0 N–H and O–H groups in total. The van der Waals surface area contributed by atoms with Gasteiger partial charge in [0.1, 0.15) is 11.6 Å². The summed E-state index contributed by atoms with van der Waals surface area (Å²) in [5.41, 5.74) is 0.445. The molecule has 3 aromatic carbocycles. The van der Waals surface area contributed by atoms with E-state index in [4.69, 9.17) is 4.74 Å². The molecule has 1 saturated heterocycles. The van der Waals surface area contributed by atoms with Gasteiger partial charge in [0.2, 0.25) is 0 Å². The molecule has 2 amide bonds. The zero-order valence-corrected chi connectivity index (χ0v) is 17.8. The maximum Gasteiger partial charge on any atom is 0.260 e. The van der Waals surface area contributed by atoms with E-state index >= 15 is 0 Å². The Morgan fingerprint density at radius 2 is 1.57 bits per heavy atom. The van der Waals surface area contributed by atoms with Crippen LogP contribution in [0.3, 0.4) is 0 Å². The smallest absolute Gasteiger partial charge is 0.260 e. The first-order valence-electron chi connectivity index (χ1n) is 9.65. The minimum Gasteiger partial charge on any atom is -0.483 e. The highest BCUT2D eigenvalue weighted by atomic mass is 79.9. The van der Waals surface area contributed by atoms with E-state index in [9.17, 15) is 14.0 Å². The summed E-state index contributed by atoms with van der Waals surface area (Å²) in [7, 11) is 0. The fourth-order valence-corrected chi connectivity index (χ4v) is 4.10. The monoisotopic (exact) mass is 470 g/mol. The van der Waals surface area contributed by atoms with E-state index in [-0.39, 0.29) is 24.2 Å². The lowest BCUT2D eigenvalue weighted by Crippen LogP contribution is -2.51. The van der Waals surface area contributed by atoms with E-state index < -0.39 is 0 Å². The average Bonchev–Trinajstić information content (AvgIpc) is 2.79. The summed E-state index contributed by atoms with van der Waals surface area (Å²) < 4.78 is 19.6. The number of ether oxygens (including phenoxy) is 1. The number of carbonyl (C=O) groups excluding carboxylic acids is 2. The van der Waals surface area contributed by atoms with Crippen molar-refractivity contribution >= 4 is 38.5 Å². The van der Waals surface area contributed by atoms with Crippen molar-refractivity contribution in [2.24, 2.45) is 0 Å². The topological polar surface area (TPSA) is 49.9 Å². The number of rotatable bonds is 4. The second-order valence-corrected chi connectivity index (χ2v) is 7.86. The van der Waals surface area contributed by atoms with Gasteiger partial charge in [-0.15, -0.1) is 0 Å². The van der Waals surface area contributed by atoms with Gasteiger partial charge in [-0.25, -0.2) is 4.39 Å². The van der Waals surface area contributed by atoms with Crippen molar-refractivity contribution in [3.05, 3.63) is 76.5 Å². The standard InChI is InChI=1S/C23H20BrFN2O3/c24-22-19-4-2-1-3-16(19)7-10-20(22)30-15-21(28)26-11-13-27(14-12-26)23(29)17-5-8-18(25)9-6-17/h1-10H,11-15H2. The molecular weight excluding hydrogens is 451 g/mol. The minimum atomic E-state index is -0.375. The van der Waals surface area contributed by atoms with Gasteiger partial charge in [0.25, 0.3) is 11.8 Å². The zero-order valence-electron chi connectivity index (χ0n) is 16.2. The van der Waals surface area contributed by atoms with E-state index in [1.54, 1.807) is 9.80 Å². The zero-order chi connectivity index (χ0) is 21.1. The van der Waals surface area contributed by atoms with Crippen LogP contribution in [0.15, 0.2) is 65.1 Å². The Labute approximate surface area is 182 Å². The Morgan fingerprint density at radius 1 is 0.900 bits per heavy atom. The molecule has 0 atom stereocenters. The Balaban J connectivity index is 1.32. The fraction of sp³-hybridized carbons (Fsp3) is 0.217. The lowest BCUT2D eigenvalue weighted by molar-refractivity contribution is -0.134. The van der Waals surface area contributed by atoms with Crippen LogP contribution >= 0.6 is 15.9 Å². The number of fused-ring (bicyclic) bond motifs is 1. The molecular formula is C23H20BrFN2O3. The largest absolute Gasteiger partial charge is 0.483 e. The number of carbonyl (C=O) groups is 2. The van der Waals surface area contributed by atoms with Gasteiger partial charge in [-0.05, 0) is 57.0 Å². The molecule has 30 heavy (non-hydrogen) atoms.